The first-order valence-corrected chi connectivity index (χ1v) is 3.34. The molecule has 0 amide bonds. The molecule has 1 aromatic carbocycles. The summed E-state index contributed by atoms with van der Waals surface area (Å²) in [5, 5.41) is 17.8. The Labute approximate surface area is 69.3 Å². The van der Waals surface area contributed by atoms with Crippen molar-refractivity contribution in [2.45, 2.75) is 6.92 Å². The summed E-state index contributed by atoms with van der Waals surface area (Å²) >= 11 is 0. The number of hydrogen-bond donors (Lipinski definition) is 3. The summed E-state index contributed by atoms with van der Waals surface area (Å²) in [7, 11) is 0. The second-order valence-corrected chi connectivity index (χ2v) is 2.55. The smallest absolute Gasteiger partial charge is 0.337 e. The van der Waals surface area contributed by atoms with E-state index in [2.05, 4.69) is 0 Å². The molecule has 0 radical (unpaired) electrons. The van der Waals surface area contributed by atoms with Crippen molar-refractivity contribution in [2.75, 3.05) is 5.73 Å². The molecule has 0 saturated heterocycles. The summed E-state index contributed by atoms with van der Waals surface area (Å²) < 4.78 is 0. The Morgan fingerprint density at radius 1 is 1.50 bits per heavy atom. The number of anilines is 1. The summed E-state index contributed by atoms with van der Waals surface area (Å²) in [6.07, 6.45) is 0. The van der Waals surface area contributed by atoms with Gasteiger partial charge in [-0.2, -0.15) is 0 Å². The monoisotopic (exact) mass is 167 g/mol. The third-order valence-corrected chi connectivity index (χ3v) is 1.53. The van der Waals surface area contributed by atoms with Crippen LogP contribution < -0.4 is 5.73 Å². The second-order valence-electron chi connectivity index (χ2n) is 2.55. The van der Waals surface area contributed by atoms with Crippen LogP contribution in [0.25, 0.3) is 0 Å². The van der Waals surface area contributed by atoms with Gasteiger partial charge in [-0.05, 0) is 24.6 Å². The normalized spacial score (nSPS) is 9.75. The number of phenolic OH excluding ortho intramolecular Hbond substituents is 1. The Balaban J connectivity index is 3.37. The van der Waals surface area contributed by atoms with Gasteiger partial charge in [0.05, 0.1) is 11.3 Å². The molecule has 0 aliphatic rings. The van der Waals surface area contributed by atoms with Crippen molar-refractivity contribution in [3.63, 3.8) is 0 Å². The van der Waals surface area contributed by atoms with Crippen molar-refractivity contribution in [2.24, 2.45) is 0 Å². The first-order valence-electron chi connectivity index (χ1n) is 3.34. The van der Waals surface area contributed by atoms with Crippen LogP contribution in [0.3, 0.4) is 0 Å². The predicted octanol–water partition coefficient (Wildman–Crippen LogP) is 0.981. The van der Waals surface area contributed by atoms with E-state index in [4.69, 9.17) is 15.9 Å². The van der Waals surface area contributed by atoms with Gasteiger partial charge >= 0.3 is 5.97 Å². The zero-order valence-corrected chi connectivity index (χ0v) is 6.53. The largest absolute Gasteiger partial charge is 0.506 e. The highest BCUT2D eigenvalue weighted by molar-refractivity contribution is 5.95. The number of aromatic hydroxyl groups is 1. The number of benzene rings is 1. The maximum atomic E-state index is 10.5. The maximum absolute atomic E-state index is 10.5. The zero-order chi connectivity index (χ0) is 9.30. The Hall–Kier alpha value is -1.71. The molecule has 4 nitrogen and oxygen atoms in total. The number of carboxylic acid groups (broad SMARTS) is 1. The van der Waals surface area contributed by atoms with Crippen LogP contribution in [0, 0.1) is 6.92 Å². The highest BCUT2D eigenvalue weighted by Gasteiger charge is 2.11. The maximum Gasteiger partial charge on any atom is 0.337 e. The second kappa shape index (κ2) is 2.73. The van der Waals surface area contributed by atoms with Crippen LogP contribution in [0.15, 0.2) is 12.1 Å². The van der Waals surface area contributed by atoms with E-state index in [1.165, 1.54) is 12.1 Å². The highest BCUT2D eigenvalue weighted by atomic mass is 16.4. The van der Waals surface area contributed by atoms with Gasteiger partial charge in [-0.3, -0.25) is 0 Å². The van der Waals surface area contributed by atoms with Gasteiger partial charge in [-0.1, -0.05) is 0 Å². The SMILES string of the molecule is Cc1cc(O)c(N)c(C(=O)O)c1. The van der Waals surface area contributed by atoms with E-state index in [1.807, 2.05) is 0 Å². The van der Waals surface area contributed by atoms with E-state index in [0.29, 0.717) is 5.56 Å². The Kier molecular flexibility index (Phi) is 1.91. The molecule has 4 heteroatoms. The minimum Gasteiger partial charge on any atom is -0.506 e. The lowest BCUT2D eigenvalue weighted by molar-refractivity contribution is 0.0697. The first-order chi connectivity index (χ1) is 5.52. The van der Waals surface area contributed by atoms with Gasteiger partial charge in [0.1, 0.15) is 5.75 Å². The molecule has 0 atom stereocenters. The van der Waals surface area contributed by atoms with Crippen molar-refractivity contribution in [1.29, 1.82) is 0 Å². The van der Waals surface area contributed by atoms with E-state index in [-0.39, 0.29) is 17.0 Å². The Morgan fingerprint density at radius 3 is 2.58 bits per heavy atom. The molecule has 0 saturated carbocycles. The molecule has 4 N–H and O–H groups in total. The number of aromatic carboxylic acids is 1. The van der Waals surface area contributed by atoms with Gasteiger partial charge in [0.25, 0.3) is 0 Å². The molecule has 1 rings (SSSR count). The molecule has 0 bridgehead atoms. The molecule has 0 unspecified atom stereocenters. The van der Waals surface area contributed by atoms with Gasteiger partial charge in [0, 0.05) is 0 Å². The Morgan fingerprint density at radius 2 is 2.08 bits per heavy atom. The minimum atomic E-state index is -1.13. The van der Waals surface area contributed by atoms with Crippen LogP contribution in [0.1, 0.15) is 15.9 Å². The van der Waals surface area contributed by atoms with Crippen molar-refractivity contribution in [3.8, 4) is 5.75 Å². The molecule has 64 valence electrons. The number of carbonyl (C=O) groups is 1. The molecule has 12 heavy (non-hydrogen) atoms. The zero-order valence-electron chi connectivity index (χ0n) is 6.53. The van der Waals surface area contributed by atoms with E-state index in [0.717, 1.165) is 0 Å². The summed E-state index contributed by atoms with van der Waals surface area (Å²) in [6, 6.07) is 2.83. The van der Waals surface area contributed by atoms with Crippen molar-refractivity contribution in [1.82, 2.24) is 0 Å². The number of nitrogens with two attached hydrogens (primary N) is 1. The van der Waals surface area contributed by atoms with E-state index < -0.39 is 5.97 Å². The lowest BCUT2D eigenvalue weighted by Crippen LogP contribution is -2.02. The molecular formula is C8H9NO3. The van der Waals surface area contributed by atoms with Crippen LogP contribution in [0.4, 0.5) is 5.69 Å². The summed E-state index contributed by atoms with van der Waals surface area (Å²) in [5.74, 6) is -1.32. The van der Waals surface area contributed by atoms with Crippen LogP contribution >= 0.6 is 0 Å². The van der Waals surface area contributed by atoms with Crippen molar-refractivity contribution < 1.29 is 15.0 Å². The summed E-state index contributed by atoms with van der Waals surface area (Å²) in [4.78, 5) is 10.5. The number of phenols is 1. The lowest BCUT2D eigenvalue weighted by atomic mass is 10.1. The fourth-order valence-corrected chi connectivity index (χ4v) is 0.955. The lowest BCUT2D eigenvalue weighted by Gasteiger charge is -2.04. The minimum absolute atomic E-state index is 0.0625. The average Bonchev–Trinajstić information content (AvgIpc) is 1.96. The summed E-state index contributed by atoms with van der Waals surface area (Å²) in [5.41, 5.74) is 5.84. The van der Waals surface area contributed by atoms with Crippen LogP contribution in [0.2, 0.25) is 0 Å². The molecule has 0 heterocycles. The number of aryl methyl sites for hydroxylation is 1. The van der Waals surface area contributed by atoms with Crippen LogP contribution in [-0.4, -0.2) is 16.2 Å². The predicted molar refractivity (Wildman–Crippen MR) is 44.2 cm³/mol. The van der Waals surface area contributed by atoms with E-state index >= 15 is 0 Å². The van der Waals surface area contributed by atoms with Gasteiger partial charge in [-0.25, -0.2) is 4.79 Å². The quantitative estimate of drug-likeness (QED) is 0.430. The number of carboxylic acids is 1. The third kappa shape index (κ3) is 1.32. The van der Waals surface area contributed by atoms with Gasteiger partial charge in [-0.15, -0.1) is 0 Å². The van der Waals surface area contributed by atoms with Gasteiger partial charge in [0.15, 0.2) is 0 Å². The topological polar surface area (TPSA) is 83.5 Å². The average molecular weight is 167 g/mol. The van der Waals surface area contributed by atoms with Crippen LogP contribution in [-0.2, 0) is 0 Å². The molecule has 0 spiro atoms. The highest BCUT2D eigenvalue weighted by Crippen LogP contribution is 2.25. The number of hydrogen-bond acceptors (Lipinski definition) is 3. The van der Waals surface area contributed by atoms with Crippen molar-refractivity contribution >= 4 is 11.7 Å². The standard InChI is InChI=1S/C8H9NO3/c1-4-2-5(8(11)12)7(9)6(10)3-4/h2-3,10H,9H2,1H3,(H,11,12). The third-order valence-electron chi connectivity index (χ3n) is 1.53. The summed E-state index contributed by atoms with van der Waals surface area (Å²) in [6.45, 7) is 1.69. The molecule has 0 aliphatic carbocycles. The fourth-order valence-electron chi connectivity index (χ4n) is 0.955. The molecule has 0 aliphatic heterocycles. The van der Waals surface area contributed by atoms with Crippen LogP contribution in [0.5, 0.6) is 5.75 Å². The molecule has 0 aromatic heterocycles. The molecular weight excluding hydrogens is 158 g/mol. The van der Waals surface area contributed by atoms with Crippen molar-refractivity contribution in [3.05, 3.63) is 23.3 Å². The fraction of sp³-hybridized carbons (Fsp3) is 0.125. The molecule has 1 aromatic rings. The van der Waals surface area contributed by atoms with E-state index in [9.17, 15) is 4.79 Å². The Bertz CT molecular complexity index is 333. The van der Waals surface area contributed by atoms with Gasteiger partial charge in [0.2, 0.25) is 0 Å². The van der Waals surface area contributed by atoms with E-state index in [1.54, 1.807) is 6.92 Å². The number of nitrogen functional groups attached to an aromatic ring is 1. The van der Waals surface area contributed by atoms with Gasteiger partial charge < -0.3 is 15.9 Å². The molecule has 0 fully saturated rings. The number of rotatable bonds is 1. The first kappa shape index (κ1) is 8.39.